The molecule has 0 aromatic heterocycles. The Bertz CT molecular complexity index is 3880. The van der Waals surface area contributed by atoms with E-state index in [1.807, 2.05) is 0 Å². The van der Waals surface area contributed by atoms with Crippen LogP contribution in [0, 0.1) is 0 Å². The molecule has 2 aliphatic carbocycles. The van der Waals surface area contributed by atoms with E-state index in [1.54, 1.807) is 0 Å². The van der Waals surface area contributed by atoms with Gasteiger partial charge >= 0.3 is 0 Å². The van der Waals surface area contributed by atoms with Crippen molar-refractivity contribution in [1.29, 1.82) is 0 Å². The van der Waals surface area contributed by atoms with Crippen molar-refractivity contribution < 1.29 is 0 Å². The second-order valence-electron chi connectivity index (χ2n) is 17.8. The highest BCUT2D eigenvalue weighted by Crippen LogP contribution is 2.64. The lowest BCUT2D eigenvalue weighted by Crippen LogP contribution is -2.25. The summed E-state index contributed by atoms with van der Waals surface area (Å²) in [7, 11) is 0. The molecule has 12 aromatic carbocycles. The van der Waals surface area contributed by atoms with Crippen LogP contribution in [0.15, 0.2) is 243 Å². The van der Waals surface area contributed by atoms with E-state index in [0.29, 0.717) is 0 Å². The summed E-state index contributed by atoms with van der Waals surface area (Å²) in [6.07, 6.45) is 0. The standard InChI is InChI=1S/C65H40/c1-3-19-41(20-4-1)43-35-37-54(47-25-9-7-23-45(43)47)63-52-30-11-12-31-53(52)64(55-38-36-44(42-21-5-2-6-22-42)46-24-8-10-26-48(46)55)58-40-62-56(39-57(58)63)51-29-15-18-34-61(51)65(62)59-32-16-13-27-49(59)50-28-14-17-33-60(50)65/h1-40H. The first-order chi connectivity index (χ1) is 32.3. The molecule has 0 aliphatic heterocycles. The van der Waals surface area contributed by atoms with Crippen molar-refractivity contribution in [2.24, 2.45) is 0 Å². The molecule has 0 bridgehead atoms. The fourth-order valence-corrected chi connectivity index (χ4v) is 12.1. The molecular weight excluding hydrogens is 781 g/mol. The first-order valence-electron chi connectivity index (χ1n) is 22.8. The first kappa shape index (κ1) is 36.2. The van der Waals surface area contributed by atoms with Gasteiger partial charge in [0.1, 0.15) is 0 Å². The summed E-state index contributed by atoms with van der Waals surface area (Å²) in [5, 5.41) is 10.0. The third kappa shape index (κ3) is 4.97. The highest BCUT2D eigenvalue weighted by atomic mass is 14.5. The lowest BCUT2D eigenvalue weighted by molar-refractivity contribution is 0.795. The van der Waals surface area contributed by atoms with Gasteiger partial charge in [-0.1, -0.05) is 231 Å². The molecule has 0 fully saturated rings. The zero-order chi connectivity index (χ0) is 42.6. The second-order valence-corrected chi connectivity index (χ2v) is 17.8. The molecule has 0 atom stereocenters. The third-order valence-corrected chi connectivity index (χ3v) is 14.7. The topological polar surface area (TPSA) is 0 Å². The van der Waals surface area contributed by atoms with Crippen LogP contribution in [0.25, 0.3) is 110 Å². The largest absolute Gasteiger partial charge is 0.0725 e. The van der Waals surface area contributed by atoms with E-state index < -0.39 is 5.41 Å². The Labute approximate surface area is 378 Å². The SMILES string of the molecule is c1ccc(-c2ccc(-c3c4ccccc4c(-c4ccc(-c5ccccc5)c5ccccc45)c4cc5c(cc34)-c3ccccc3C53c4ccccc4-c4ccccc43)c3ccccc23)cc1. The first-order valence-corrected chi connectivity index (χ1v) is 22.8. The molecule has 0 radical (unpaired) electrons. The molecule has 0 unspecified atom stereocenters. The predicted octanol–water partition coefficient (Wildman–Crippen LogP) is 17.3. The van der Waals surface area contributed by atoms with Gasteiger partial charge in [0, 0.05) is 0 Å². The van der Waals surface area contributed by atoms with Crippen molar-refractivity contribution in [3.05, 3.63) is 265 Å². The zero-order valence-electron chi connectivity index (χ0n) is 35.6. The smallest absolute Gasteiger partial charge is 0.0622 e. The minimum Gasteiger partial charge on any atom is -0.0622 e. The minimum atomic E-state index is -0.473. The number of rotatable bonds is 4. The van der Waals surface area contributed by atoms with Gasteiger partial charge in [-0.3, -0.25) is 0 Å². The molecule has 0 saturated heterocycles. The summed E-state index contributed by atoms with van der Waals surface area (Å²) in [6.45, 7) is 0. The Morgan fingerprint density at radius 3 is 0.954 bits per heavy atom. The van der Waals surface area contributed by atoms with Gasteiger partial charge in [-0.25, -0.2) is 0 Å². The molecule has 14 rings (SSSR count). The molecule has 1 spiro atoms. The molecule has 2 aliphatic rings. The quantitative estimate of drug-likeness (QED) is 0.155. The molecule has 65 heavy (non-hydrogen) atoms. The summed E-state index contributed by atoms with van der Waals surface area (Å²) in [5.41, 5.74) is 20.2. The molecule has 0 nitrogen and oxygen atoms in total. The number of benzene rings is 12. The fourth-order valence-electron chi connectivity index (χ4n) is 12.1. The highest BCUT2D eigenvalue weighted by molar-refractivity contribution is 6.27. The number of fused-ring (bicyclic) bond motifs is 14. The molecular formula is C65H40. The minimum absolute atomic E-state index is 0.473. The predicted molar refractivity (Wildman–Crippen MR) is 275 cm³/mol. The zero-order valence-corrected chi connectivity index (χ0v) is 35.6. The third-order valence-electron chi connectivity index (χ3n) is 14.7. The van der Waals surface area contributed by atoms with Crippen LogP contribution in [0.4, 0.5) is 0 Å². The fraction of sp³-hybridized carbons (Fsp3) is 0.0154. The van der Waals surface area contributed by atoms with Gasteiger partial charge in [-0.2, -0.15) is 0 Å². The van der Waals surface area contributed by atoms with E-state index in [1.165, 1.54) is 132 Å². The van der Waals surface area contributed by atoms with E-state index in [0.717, 1.165) is 0 Å². The van der Waals surface area contributed by atoms with E-state index in [4.69, 9.17) is 0 Å². The van der Waals surface area contributed by atoms with E-state index in [9.17, 15) is 0 Å². The van der Waals surface area contributed by atoms with Crippen molar-refractivity contribution in [2.45, 2.75) is 5.41 Å². The van der Waals surface area contributed by atoms with Gasteiger partial charge < -0.3 is 0 Å². The molecule has 300 valence electrons. The van der Waals surface area contributed by atoms with Crippen LogP contribution >= 0.6 is 0 Å². The van der Waals surface area contributed by atoms with E-state index >= 15 is 0 Å². The van der Waals surface area contributed by atoms with Gasteiger partial charge in [-0.15, -0.1) is 0 Å². The van der Waals surface area contributed by atoms with Crippen LogP contribution in [0.1, 0.15) is 22.3 Å². The van der Waals surface area contributed by atoms with Crippen molar-refractivity contribution in [1.82, 2.24) is 0 Å². The number of hydrogen-bond acceptors (Lipinski definition) is 0. The molecule has 12 aromatic rings. The van der Waals surface area contributed by atoms with Crippen molar-refractivity contribution in [3.63, 3.8) is 0 Å². The Kier molecular flexibility index (Phi) is 7.71. The Balaban J connectivity index is 1.17. The van der Waals surface area contributed by atoms with E-state index in [2.05, 4.69) is 243 Å². The maximum Gasteiger partial charge on any atom is 0.0725 e. The highest BCUT2D eigenvalue weighted by Gasteiger charge is 2.51. The van der Waals surface area contributed by atoms with E-state index in [-0.39, 0.29) is 0 Å². The summed E-state index contributed by atoms with van der Waals surface area (Å²) in [6, 6.07) is 91.1. The average Bonchev–Trinajstić information content (AvgIpc) is 3.84. The summed E-state index contributed by atoms with van der Waals surface area (Å²) in [5.74, 6) is 0. The summed E-state index contributed by atoms with van der Waals surface area (Å²) >= 11 is 0. The average molecular weight is 821 g/mol. The lowest BCUT2D eigenvalue weighted by Gasteiger charge is -2.31. The van der Waals surface area contributed by atoms with Crippen molar-refractivity contribution in [2.75, 3.05) is 0 Å². The van der Waals surface area contributed by atoms with Gasteiger partial charge in [0.05, 0.1) is 5.41 Å². The second kappa shape index (κ2) is 13.8. The van der Waals surface area contributed by atoms with Crippen molar-refractivity contribution in [3.8, 4) is 66.8 Å². The Morgan fingerprint density at radius 2 is 0.508 bits per heavy atom. The Hall–Kier alpha value is -8.32. The molecule has 0 heteroatoms. The molecule has 0 amide bonds. The van der Waals surface area contributed by atoms with Crippen LogP contribution in [0.3, 0.4) is 0 Å². The van der Waals surface area contributed by atoms with Gasteiger partial charge in [0.2, 0.25) is 0 Å². The molecule has 0 N–H and O–H groups in total. The maximum atomic E-state index is 2.62. The number of hydrogen-bond donors (Lipinski definition) is 0. The van der Waals surface area contributed by atoms with Crippen LogP contribution in [-0.2, 0) is 5.41 Å². The normalized spacial score (nSPS) is 13.0. The summed E-state index contributed by atoms with van der Waals surface area (Å²) < 4.78 is 0. The molecule has 0 saturated carbocycles. The van der Waals surface area contributed by atoms with Crippen LogP contribution < -0.4 is 0 Å². The lowest BCUT2D eigenvalue weighted by atomic mass is 9.70. The van der Waals surface area contributed by atoms with Crippen LogP contribution in [0.5, 0.6) is 0 Å². The monoisotopic (exact) mass is 820 g/mol. The van der Waals surface area contributed by atoms with Crippen molar-refractivity contribution >= 4 is 43.1 Å². The summed E-state index contributed by atoms with van der Waals surface area (Å²) in [4.78, 5) is 0. The Morgan fingerprint density at radius 1 is 0.185 bits per heavy atom. The van der Waals surface area contributed by atoms with Gasteiger partial charge in [-0.05, 0) is 144 Å². The van der Waals surface area contributed by atoms with Crippen LogP contribution in [-0.4, -0.2) is 0 Å². The van der Waals surface area contributed by atoms with Gasteiger partial charge in [0.25, 0.3) is 0 Å². The van der Waals surface area contributed by atoms with Gasteiger partial charge in [0.15, 0.2) is 0 Å². The maximum absolute atomic E-state index is 2.62. The molecule has 0 heterocycles. The van der Waals surface area contributed by atoms with Crippen LogP contribution in [0.2, 0.25) is 0 Å².